The lowest BCUT2D eigenvalue weighted by Crippen LogP contribution is -2.07. The maximum atomic E-state index is 10.7. The van der Waals surface area contributed by atoms with Crippen LogP contribution < -0.4 is 0 Å². The van der Waals surface area contributed by atoms with Crippen LogP contribution in [0.3, 0.4) is 0 Å². The Bertz CT molecular complexity index is 463. The monoisotopic (exact) mass is 254 g/mol. The summed E-state index contributed by atoms with van der Waals surface area (Å²) < 4.78 is 30.0. The molecule has 0 amide bonds. The van der Waals surface area contributed by atoms with Crippen molar-refractivity contribution in [3.63, 3.8) is 0 Å². The standard InChI is InChI=1S/C13H18O3S/c1-11(2)13(9-6-10-17(14,15)16)12-7-4-3-5-8-12/h3-5,7-8,13H,1,6,9-10H2,2H3,(H,14,15,16). The highest BCUT2D eigenvalue weighted by Crippen LogP contribution is 2.27. The van der Waals surface area contributed by atoms with E-state index in [-0.39, 0.29) is 11.7 Å². The lowest BCUT2D eigenvalue weighted by atomic mass is 9.89. The average Bonchev–Trinajstić information content (AvgIpc) is 2.23. The summed E-state index contributed by atoms with van der Waals surface area (Å²) >= 11 is 0. The molecular formula is C13H18O3S. The molecule has 94 valence electrons. The molecule has 17 heavy (non-hydrogen) atoms. The van der Waals surface area contributed by atoms with Gasteiger partial charge in [-0.2, -0.15) is 8.42 Å². The van der Waals surface area contributed by atoms with E-state index in [1.165, 1.54) is 0 Å². The topological polar surface area (TPSA) is 54.4 Å². The van der Waals surface area contributed by atoms with Gasteiger partial charge in [-0.05, 0) is 25.3 Å². The molecule has 0 radical (unpaired) electrons. The fraction of sp³-hybridized carbons (Fsp3) is 0.385. The van der Waals surface area contributed by atoms with Crippen LogP contribution in [-0.4, -0.2) is 18.7 Å². The highest BCUT2D eigenvalue weighted by Gasteiger charge is 2.13. The zero-order valence-corrected chi connectivity index (χ0v) is 10.8. The Morgan fingerprint density at radius 3 is 2.41 bits per heavy atom. The van der Waals surface area contributed by atoms with E-state index in [0.29, 0.717) is 12.8 Å². The number of benzene rings is 1. The van der Waals surface area contributed by atoms with E-state index in [9.17, 15) is 8.42 Å². The van der Waals surface area contributed by atoms with Crippen molar-refractivity contribution in [3.8, 4) is 0 Å². The van der Waals surface area contributed by atoms with Gasteiger partial charge >= 0.3 is 0 Å². The van der Waals surface area contributed by atoms with Gasteiger partial charge in [0, 0.05) is 5.92 Å². The normalized spacial score (nSPS) is 13.3. The lowest BCUT2D eigenvalue weighted by Gasteiger charge is -2.17. The molecule has 3 nitrogen and oxygen atoms in total. The Balaban J connectivity index is 2.66. The van der Waals surface area contributed by atoms with E-state index in [4.69, 9.17) is 4.55 Å². The minimum atomic E-state index is -3.86. The number of allylic oxidation sites excluding steroid dienone is 1. The summed E-state index contributed by atoms with van der Waals surface area (Å²) in [5, 5.41) is 0. The Kier molecular flexibility index (Phi) is 4.90. The van der Waals surface area contributed by atoms with E-state index >= 15 is 0 Å². The molecule has 0 aliphatic heterocycles. The van der Waals surface area contributed by atoms with Crippen molar-refractivity contribution in [2.45, 2.75) is 25.7 Å². The minimum absolute atomic E-state index is 0.151. The second-order valence-corrected chi connectivity index (χ2v) is 5.81. The quantitative estimate of drug-likeness (QED) is 0.627. The lowest BCUT2D eigenvalue weighted by molar-refractivity contribution is 0.479. The van der Waals surface area contributed by atoms with Gasteiger partial charge in [0.2, 0.25) is 0 Å². The molecule has 0 fully saturated rings. The van der Waals surface area contributed by atoms with Crippen LogP contribution in [0.4, 0.5) is 0 Å². The van der Waals surface area contributed by atoms with Gasteiger partial charge < -0.3 is 0 Å². The largest absolute Gasteiger partial charge is 0.286 e. The molecule has 1 aromatic carbocycles. The summed E-state index contributed by atoms with van der Waals surface area (Å²) in [6.45, 7) is 5.87. The highest BCUT2D eigenvalue weighted by atomic mass is 32.2. The smallest absolute Gasteiger partial charge is 0.264 e. The molecule has 0 bridgehead atoms. The molecule has 0 aliphatic carbocycles. The van der Waals surface area contributed by atoms with E-state index in [1.807, 2.05) is 37.3 Å². The van der Waals surface area contributed by atoms with Crippen LogP contribution in [0.25, 0.3) is 0 Å². The van der Waals surface area contributed by atoms with Crippen LogP contribution in [0.5, 0.6) is 0 Å². The van der Waals surface area contributed by atoms with Crippen LogP contribution in [0.2, 0.25) is 0 Å². The van der Waals surface area contributed by atoms with Crippen molar-refractivity contribution in [1.29, 1.82) is 0 Å². The first kappa shape index (κ1) is 13.9. The Hall–Kier alpha value is -1.13. The first-order valence-corrected chi connectivity index (χ1v) is 7.16. The summed E-state index contributed by atoms with van der Waals surface area (Å²) in [6, 6.07) is 9.86. The number of hydrogen-bond donors (Lipinski definition) is 1. The van der Waals surface area contributed by atoms with Gasteiger partial charge in [-0.1, -0.05) is 42.5 Å². The van der Waals surface area contributed by atoms with Crippen molar-refractivity contribution in [2.75, 3.05) is 5.75 Å². The van der Waals surface area contributed by atoms with Crippen LogP contribution in [0, 0.1) is 0 Å². The van der Waals surface area contributed by atoms with E-state index < -0.39 is 10.1 Å². The summed E-state index contributed by atoms with van der Waals surface area (Å²) in [5.41, 5.74) is 2.14. The number of hydrogen-bond acceptors (Lipinski definition) is 2. The molecule has 0 saturated carbocycles. The van der Waals surface area contributed by atoms with Crippen molar-refractivity contribution in [1.82, 2.24) is 0 Å². The molecule has 0 saturated heterocycles. The van der Waals surface area contributed by atoms with Gasteiger partial charge in [0.15, 0.2) is 0 Å². The summed E-state index contributed by atoms with van der Waals surface area (Å²) in [4.78, 5) is 0. The molecule has 0 spiro atoms. The second kappa shape index (κ2) is 5.98. The van der Waals surface area contributed by atoms with E-state index in [2.05, 4.69) is 6.58 Å². The van der Waals surface area contributed by atoms with Crippen LogP contribution in [-0.2, 0) is 10.1 Å². The van der Waals surface area contributed by atoms with Gasteiger partial charge in [0.05, 0.1) is 5.75 Å². The fourth-order valence-corrected chi connectivity index (χ4v) is 2.38. The predicted molar refractivity (Wildman–Crippen MR) is 69.6 cm³/mol. The van der Waals surface area contributed by atoms with Gasteiger partial charge in [0.1, 0.15) is 0 Å². The molecule has 1 rings (SSSR count). The van der Waals surface area contributed by atoms with Gasteiger partial charge in [-0.3, -0.25) is 4.55 Å². The first-order valence-electron chi connectivity index (χ1n) is 5.55. The van der Waals surface area contributed by atoms with Crippen molar-refractivity contribution in [2.24, 2.45) is 0 Å². The van der Waals surface area contributed by atoms with Gasteiger partial charge in [-0.25, -0.2) is 0 Å². The van der Waals surface area contributed by atoms with E-state index in [1.54, 1.807) is 0 Å². The molecule has 0 heterocycles. The fourth-order valence-electron chi connectivity index (χ4n) is 1.85. The zero-order chi connectivity index (χ0) is 12.9. The van der Waals surface area contributed by atoms with Gasteiger partial charge in [-0.15, -0.1) is 0 Å². The Morgan fingerprint density at radius 1 is 1.35 bits per heavy atom. The predicted octanol–water partition coefficient (Wildman–Crippen LogP) is 3.01. The molecule has 0 aliphatic rings. The van der Waals surface area contributed by atoms with Crippen LogP contribution in [0.1, 0.15) is 31.2 Å². The second-order valence-electron chi connectivity index (χ2n) is 4.24. The average molecular weight is 254 g/mol. The number of rotatable bonds is 6. The zero-order valence-electron chi connectivity index (χ0n) is 9.96. The molecule has 1 unspecified atom stereocenters. The molecule has 0 aromatic heterocycles. The highest BCUT2D eigenvalue weighted by molar-refractivity contribution is 7.85. The third kappa shape index (κ3) is 5.15. The Morgan fingerprint density at radius 2 is 1.94 bits per heavy atom. The van der Waals surface area contributed by atoms with Crippen molar-refractivity contribution < 1.29 is 13.0 Å². The van der Waals surface area contributed by atoms with Crippen LogP contribution >= 0.6 is 0 Å². The minimum Gasteiger partial charge on any atom is -0.286 e. The molecule has 4 heteroatoms. The molecule has 1 aromatic rings. The first-order chi connectivity index (χ1) is 7.90. The molecular weight excluding hydrogens is 236 g/mol. The summed E-state index contributed by atoms with van der Waals surface area (Å²) in [6.07, 6.45) is 1.12. The van der Waals surface area contributed by atoms with Gasteiger partial charge in [0.25, 0.3) is 10.1 Å². The summed E-state index contributed by atoms with van der Waals surface area (Å²) in [5.74, 6) is -0.0400. The molecule has 1 N–H and O–H groups in total. The third-order valence-corrected chi connectivity index (χ3v) is 3.50. The Labute approximate surface area is 103 Å². The maximum Gasteiger partial charge on any atom is 0.264 e. The third-order valence-electron chi connectivity index (χ3n) is 2.69. The SMILES string of the molecule is C=C(C)C(CCCS(=O)(=O)O)c1ccccc1. The van der Waals surface area contributed by atoms with Crippen LogP contribution in [0.15, 0.2) is 42.5 Å². The van der Waals surface area contributed by atoms with Crippen molar-refractivity contribution >= 4 is 10.1 Å². The van der Waals surface area contributed by atoms with E-state index in [0.717, 1.165) is 11.1 Å². The summed E-state index contributed by atoms with van der Waals surface area (Å²) in [7, 11) is -3.86. The molecule has 1 atom stereocenters. The maximum absolute atomic E-state index is 10.7. The van der Waals surface area contributed by atoms with Crippen molar-refractivity contribution in [3.05, 3.63) is 48.0 Å².